The second-order valence-corrected chi connectivity index (χ2v) is 2.48. The van der Waals surface area contributed by atoms with E-state index in [1.807, 2.05) is 0 Å². The van der Waals surface area contributed by atoms with E-state index in [-0.39, 0.29) is 18.6 Å². The van der Waals surface area contributed by atoms with E-state index in [0.717, 1.165) is 0 Å². The summed E-state index contributed by atoms with van der Waals surface area (Å²) in [6.07, 6.45) is 0.422. The number of carbonyl (C=O) groups excluding carboxylic acids is 1. The number of halogens is 1. The monoisotopic (exact) mass is 147 g/mol. The lowest BCUT2D eigenvalue weighted by Crippen LogP contribution is -2.29. The molecule has 1 rings (SSSR count). The summed E-state index contributed by atoms with van der Waals surface area (Å²) in [6, 6.07) is -0.228. The Bertz CT molecular complexity index is 140. The summed E-state index contributed by atoms with van der Waals surface area (Å²) < 4.78 is 11.9. The minimum Gasteiger partial charge on any atom is -0.394 e. The van der Waals surface area contributed by atoms with Crippen molar-refractivity contribution in [1.82, 2.24) is 5.32 Å². The topological polar surface area (TPSA) is 49.3 Å². The number of carbonyl (C=O) groups is 1. The number of amides is 1. The van der Waals surface area contributed by atoms with Gasteiger partial charge < -0.3 is 10.4 Å². The van der Waals surface area contributed by atoms with Gasteiger partial charge in [0.1, 0.15) is 6.67 Å². The van der Waals surface area contributed by atoms with E-state index >= 15 is 0 Å². The first-order valence-electron chi connectivity index (χ1n) is 3.25. The van der Waals surface area contributed by atoms with Crippen LogP contribution in [0.3, 0.4) is 0 Å². The molecule has 0 bridgehead atoms. The zero-order chi connectivity index (χ0) is 7.56. The van der Waals surface area contributed by atoms with Crippen molar-refractivity contribution < 1.29 is 14.3 Å². The second-order valence-electron chi connectivity index (χ2n) is 2.48. The Morgan fingerprint density at radius 2 is 2.50 bits per heavy atom. The van der Waals surface area contributed by atoms with Crippen LogP contribution in [0, 0.1) is 5.92 Å². The first-order valence-corrected chi connectivity index (χ1v) is 3.25. The molecule has 4 heteroatoms. The van der Waals surface area contributed by atoms with E-state index in [4.69, 9.17) is 5.11 Å². The van der Waals surface area contributed by atoms with E-state index in [2.05, 4.69) is 5.32 Å². The molecule has 1 aliphatic rings. The molecule has 2 unspecified atom stereocenters. The van der Waals surface area contributed by atoms with Crippen LogP contribution in [0.5, 0.6) is 0 Å². The van der Waals surface area contributed by atoms with Crippen molar-refractivity contribution in [2.45, 2.75) is 12.5 Å². The highest BCUT2D eigenvalue weighted by Gasteiger charge is 2.30. The average Bonchev–Trinajstić information content (AvgIpc) is 2.30. The summed E-state index contributed by atoms with van der Waals surface area (Å²) in [5, 5.41) is 11.0. The fourth-order valence-electron chi connectivity index (χ4n) is 1.08. The van der Waals surface area contributed by atoms with Crippen molar-refractivity contribution in [2.24, 2.45) is 5.92 Å². The van der Waals surface area contributed by atoms with Gasteiger partial charge in [0, 0.05) is 0 Å². The molecule has 1 amide bonds. The minimum atomic E-state index is -0.623. The van der Waals surface area contributed by atoms with Gasteiger partial charge in [0.25, 0.3) is 0 Å². The van der Waals surface area contributed by atoms with Gasteiger partial charge in [-0.25, -0.2) is 0 Å². The van der Waals surface area contributed by atoms with Gasteiger partial charge in [-0.3, -0.25) is 9.18 Å². The van der Waals surface area contributed by atoms with Crippen LogP contribution >= 0.6 is 0 Å². The first kappa shape index (κ1) is 7.47. The Morgan fingerprint density at radius 3 is 2.80 bits per heavy atom. The number of aliphatic hydroxyl groups is 1. The molecule has 0 radical (unpaired) electrons. The fourth-order valence-corrected chi connectivity index (χ4v) is 1.08. The largest absolute Gasteiger partial charge is 0.394 e. The molecule has 1 fully saturated rings. The van der Waals surface area contributed by atoms with Gasteiger partial charge in [-0.05, 0) is 6.42 Å². The predicted molar refractivity (Wildman–Crippen MR) is 33.1 cm³/mol. The fraction of sp³-hybridized carbons (Fsp3) is 0.833. The summed E-state index contributed by atoms with van der Waals surface area (Å²) in [7, 11) is 0. The summed E-state index contributed by atoms with van der Waals surface area (Å²) in [5.74, 6) is -0.807. The van der Waals surface area contributed by atoms with E-state index in [1.165, 1.54) is 0 Å². The Labute approximate surface area is 58.2 Å². The van der Waals surface area contributed by atoms with Crippen LogP contribution in [0.4, 0.5) is 4.39 Å². The van der Waals surface area contributed by atoms with Crippen LogP contribution < -0.4 is 5.32 Å². The van der Waals surface area contributed by atoms with Gasteiger partial charge in [-0.15, -0.1) is 0 Å². The molecule has 0 aliphatic carbocycles. The number of aliphatic hydroxyl groups excluding tert-OH is 1. The quantitative estimate of drug-likeness (QED) is 0.550. The molecular weight excluding hydrogens is 137 g/mol. The smallest absolute Gasteiger partial charge is 0.226 e. The maximum atomic E-state index is 11.9. The predicted octanol–water partition coefficient (Wildman–Crippen LogP) is -0.547. The number of alkyl halides is 1. The lowest BCUT2D eigenvalue weighted by molar-refractivity contribution is -0.123. The van der Waals surface area contributed by atoms with Crippen molar-refractivity contribution in [3.63, 3.8) is 0 Å². The van der Waals surface area contributed by atoms with Gasteiger partial charge in [0.05, 0.1) is 18.6 Å². The highest BCUT2D eigenvalue weighted by molar-refractivity contribution is 5.81. The number of nitrogens with one attached hydrogen (secondary N) is 1. The van der Waals surface area contributed by atoms with E-state index < -0.39 is 12.6 Å². The zero-order valence-corrected chi connectivity index (χ0v) is 5.51. The third-order valence-corrected chi connectivity index (χ3v) is 1.69. The van der Waals surface area contributed by atoms with Crippen LogP contribution in [-0.2, 0) is 4.79 Å². The zero-order valence-electron chi connectivity index (χ0n) is 5.51. The van der Waals surface area contributed by atoms with Gasteiger partial charge >= 0.3 is 0 Å². The Balaban J connectivity index is 2.44. The van der Waals surface area contributed by atoms with Crippen LogP contribution in [0.2, 0.25) is 0 Å². The van der Waals surface area contributed by atoms with Crippen molar-refractivity contribution in [1.29, 1.82) is 0 Å². The normalized spacial score (nSPS) is 32.4. The summed E-state index contributed by atoms with van der Waals surface area (Å²) in [4.78, 5) is 10.7. The summed E-state index contributed by atoms with van der Waals surface area (Å²) in [5.41, 5.74) is 0. The molecule has 3 nitrogen and oxygen atoms in total. The average molecular weight is 147 g/mol. The van der Waals surface area contributed by atoms with Crippen molar-refractivity contribution in [3.05, 3.63) is 0 Å². The van der Waals surface area contributed by atoms with Gasteiger partial charge in [0.2, 0.25) is 5.91 Å². The minimum absolute atomic E-state index is 0.0950. The summed E-state index contributed by atoms with van der Waals surface area (Å²) in [6.45, 7) is -0.718. The van der Waals surface area contributed by atoms with Crippen molar-refractivity contribution in [3.8, 4) is 0 Å². The second kappa shape index (κ2) is 2.96. The van der Waals surface area contributed by atoms with E-state index in [0.29, 0.717) is 6.42 Å². The Kier molecular flexibility index (Phi) is 2.21. The van der Waals surface area contributed by atoms with Crippen molar-refractivity contribution >= 4 is 5.91 Å². The number of rotatable bonds is 2. The standard InChI is InChI=1S/C6H10FNO2/c7-2-4-1-5(3-9)8-6(4)10/h4-5,9H,1-3H2,(H,8,10). The molecule has 2 atom stereocenters. The molecule has 0 aromatic heterocycles. The third-order valence-electron chi connectivity index (χ3n) is 1.69. The van der Waals surface area contributed by atoms with Gasteiger partial charge in [-0.1, -0.05) is 0 Å². The molecule has 58 valence electrons. The molecule has 10 heavy (non-hydrogen) atoms. The lowest BCUT2D eigenvalue weighted by atomic mass is 10.1. The number of hydrogen-bond donors (Lipinski definition) is 2. The molecule has 2 N–H and O–H groups in total. The SMILES string of the molecule is O=C1NC(CO)CC1CF. The summed E-state index contributed by atoms with van der Waals surface area (Å²) >= 11 is 0. The van der Waals surface area contributed by atoms with E-state index in [9.17, 15) is 9.18 Å². The van der Waals surface area contributed by atoms with Crippen LogP contribution in [-0.4, -0.2) is 30.3 Å². The molecule has 1 aliphatic heterocycles. The lowest BCUT2D eigenvalue weighted by Gasteiger charge is -2.01. The van der Waals surface area contributed by atoms with Gasteiger partial charge in [0.15, 0.2) is 0 Å². The molecule has 0 saturated carbocycles. The maximum Gasteiger partial charge on any atom is 0.226 e. The van der Waals surface area contributed by atoms with Gasteiger partial charge in [-0.2, -0.15) is 0 Å². The molecular formula is C6H10FNO2. The maximum absolute atomic E-state index is 11.9. The Morgan fingerprint density at radius 1 is 1.80 bits per heavy atom. The third kappa shape index (κ3) is 1.26. The Hall–Kier alpha value is -0.640. The van der Waals surface area contributed by atoms with Crippen LogP contribution in [0.1, 0.15) is 6.42 Å². The highest BCUT2D eigenvalue weighted by Crippen LogP contribution is 2.14. The van der Waals surface area contributed by atoms with Crippen LogP contribution in [0.25, 0.3) is 0 Å². The molecule has 1 saturated heterocycles. The highest BCUT2D eigenvalue weighted by atomic mass is 19.1. The molecule has 1 heterocycles. The van der Waals surface area contributed by atoms with E-state index in [1.54, 1.807) is 0 Å². The van der Waals surface area contributed by atoms with Crippen molar-refractivity contribution in [2.75, 3.05) is 13.3 Å². The van der Waals surface area contributed by atoms with Crippen LogP contribution in [0.15, 0.2) is 0 Å². The number of hydrogen-bond acceptors (Lipinski definition) is 2. The molecule has 0 spiro atoms. The first-order chi connectivity index (χ1) is 4.77. The molecule has 0 aromatic rings. The molecule has 0 aromatic carbocycles.